The molecule has 2 aliphatic rings. The van der Waals surface area contributed by atoms with Crippen molar-refractivity contribution in [2.24, 2.45) is 0 Å². The van der Waals surface area contributed by atoms with Crippen molar-refractivity contribution in [1.29, 1.82) is 0 Å². The Morgan fingerprint density at radius 2 is 1.50 bits per heavy atom. The van der Waals surface area contributed by atoms with E-state index in [1.54, 1.807) is 29.2 Å². The van der Waals surface area contributed by atoms with Crippen LogP contribution in [-0.2, 0) is 11.3 Å². The molecule has 0 atom stereocenters. The molecule has 2 saturated carbocycles. The second-order valence-corrected chi connectivity index (χ2v) is 7.80. The lowest BCUT2D eigenvalue weighted by molar-refractivity contribution is -0.127. The van der Waals surface area contributed by atoms with E-state index in [4.69, 9.17) is 0 Å². The fourth-order valence-electron chi connectivity index (χ4n) is 3.17. The highest BCUT2D eigenvalue weighted by Gasteiger charge is 2.35. The monoisotopic (exact) mass is 376 g/mol. The van der Waals surface area contributed by atoms with Gasteiger partial charge in [-0.1, -0.05) is 42.0 Å². The molecule has 2 aromatic carbocycles. The maximum absolute atomic E-state index is 12.8. The number of amides is 2. The van der Waals surface area contributed by atoms with Crippen molar-refractivity contribution in [2.75, 3.05) is 0 Å². The van der Waals surface area contributed by atoms with Crippen molar-refractivity contribution in [1.82, 2.24) is 10.2 Å². The van der Waals surface area contributed by atoms with E-state index in [9.17, 15) is 14.4 Å². The number of hydrogen-bond donors (Lipinski definition) is 1. The maximum atomic E-state index is 12.8. The van der Waals surface area contributed by atoms with Crippen molar-refractivity contribution in [3.63, 3.8) is 0 Å². The van der Waals surface area contributed by atoms with Crippen molar-refractivity contribution < 1.29 is 14.4 Å². The molecule has 0 spiro atoms. The summed E-state index contributed by atoms with van der Waals surface area (Å²) in [6.07, 6.45) is 3.96. The minimum atomic E-state index is -0.465. The number of hydrogen-bond acceptors (Lipinski definition) is 3. The summed E-state index contributed by atoms with van der Waals surface area (Å²) < 4.78 is 0. The summed E-state index contributed by atoms with van der Waals surface area (Å²) >= 11 is 0. The number of carbonyl (C=O) groups is 3. The summed E-state index contributed by atoms with van der Waals surface area (Å²) in [5.41, 5.74) is 3.01. The van der Waals surface area contributed by atoms with E-state index < -0.39 is 11.7 Å². The Kier molecular flexibility index (Phi) is 4.99. The molecule has 1 N–H and O–H groups in total. The summed E-state index contributed by atoms with van der Waals surface area (Å²) in [6, 6.07) is 14.8. The normalized spacial score (nSPS) is 15.8. The zero-order valence-corrected chi connectivity index (χ0v) is 16.0. The predicted octanol–water partition coefficient (Wildman–Crippen LogP) is 3.26. The predicted molar refractivity (Wildman–Crippen MR) is 106 cm³/mol. The van der Waals surface area contributed by atoms with Crippen molar-refractivity contribution in [2.45, 2.75) is 51.2 Å². The molecule has 144 valence electrons. The summed E-state index contributed by atoms with van der Waals surface area (Å²) in [4.78, 5) is 39.2. The molecule has 0 unspecified atom stereocenters. The molecule has 28 heavy (non-hydrogen) atoms. The van der Waals surface area contributed by atoms with E-state index in [0.717, 1.165) is 36.8 Å². The zero-order chi connectivity index (χ0) is 19.7. The van der Waals surface area contributed by atoms with E-state index in [0.29, 0.717) is 23.7 Å². The molecule has 0 bridgehead atoms. The number of benzene rings is 2. The van der Waals surface area contributed by atoms with E-state index in [1.165, 1.54) is 0 Å². The first-order valence-electron chi connectivity index (χ1n) is 9.83. The van der Waals surface area contributed by atoms with Crippen LogP contribution in [0, 0.1) is 6.92 Å². The maximum Gasteiger partial charge on any atom is 0.295 e. The lowest BCUT2D eigenvalue weighted by Gasteiger charge is -2.22. The highest BCUT2D eigenvalue weighted by atomic mass is 16.2. The van der Waals surface area contributed by atoms with Gasteiger partial charge in [-0.25, -0.2) is 0 Å². The van der Waals surface area contributed by atoms with Gasteiger partial charge in [0.05, 0.1) is 0 Å². The highest BCUT2D eigenvalue weighted by Crippen LogP contribution is 2.29. The first-order valence-corrected chi connectivity index (χ1v) is 9.83. The third-order valence-corrected chi connectivity index (χ3v) is 5.24. The van der Waals surface area contributed by atoms with Gasteiger partial charge in [0, 0.05) is 29.8 Å². The molecule has 4 rings (SSSR count). The first kappa shape index (κ1) is 18.4. The average molecular weight is 376 g/mol. The highest BCUT2D eigenvalue weighted by molar-refractivity contribution is 6.42. The van der Waals surface area contributed by atoms with Crippen LogP contribution in [0.2, 0.25) is 0 Å². The summed E-state index contributed by atoms with van der Waals surface area (Å²) in [7, 11) is 0. The SMILES string of the molecule is Cc1ccc(C(=O)C(=O)N(Cc2ccc(C(=O)NC3CC3)cc2)C2CC2)cc1. The molecule has 0 heterocycles. The third kappa shape index (κ3) is 4.30. The number of nitrogens with zero attached hydrogens (tertiary/aromatic N) is 1. The largest absolute Gasteiger partial charge is 0.349 e. The Morgan fingerprint density at radius 1 is 0.893 bits per heavy atom. The number of carbonyl (C=O) groups excluding carboxylic acids is 3. The van der Waals surface area contributed by atoms with Gasteiger partial charge in [0.15, 0.2) is 0 Å². The van der Waals surface area contributed by atoms with Crippen LogP contribution in [-0.4, -0.2) is 34.6 Å². The van der Waals surface area contributed by atoms with Crippen LogP contribution in [0.3, 0.4) is 0 Å². The fraction of sp³-hybridized carbons (Fsp3) is 0.348. The molecule has 0 aliphatic heterocycles. The molecule has 5 nitrogen and oxygen atoms in total. The Balaban J connectivity index is 1.44. The molecular weight excluding hydrogens is 352 g/mol. The molecular formula is C23H24N2O3. The summed E-state index contributed by atoms with van der Waals surface area (Å²) in [5, 5.41) is 2.97. The van der Waals surface area contributed by atoms with E-state index in [-0.39, 0.29) is 11.9 Å². The minimum Gasteiger partial charge on any atom is -0.349 e. The molecule has 2 amide bonds. The smallest absolute Gasteiger partial charge is 0.295 e. The Hall–Kier alpha value is -2.95. The van der Waals surface area contributed by atoms with Crippen molar-refractivity contribution in [3.8, 4) is 0 Å². The van der Waals surface area contributed by atoms with Crippen LogP contribution in [0.15, 0.2) is 48.5 Å². The lowest BCUT2D eigenvalue weighted by atomic mass is 10.1. The van der Waals surface area contributed by atoms with E-state index in [2.05, 4.69) is 5.32 Å². The molecule has 2 fully saturated rings. The number of Topliss-reactive ketones (excluding diaryl/α,β-unsaturated/α-hetero) is 1. The molecule has 2 aliphatic carbocycles. The summed E-state index contributed by atoms with van der Waals surface area (Å²) in [6.45, 7) is 2.33. The molecule has 0 aromatic heterocycles. The number of aryl methyl sites for hydroxylation is 1. The van der Waals surface area contributed by atoms with Crippen molar-refractivity contribution in [3.05, 3.63) is 70.8 Å². The van der Waals surface area contributed by atoms with Crippen LogP contribution in [0.1, 0.15) is 57.5 Å². The number of rotatable bonds is 7. The van der Waals surface area contributed by atoms with Gasteiger partial charge in [-0.2, -0.15) is 0 Å². The molecule has 0 saturated heterocycles. The molecule has 2 aromatic rings. The van der Waals surface area contributed by atoms with Crippen molar-refractivity contribution >= 4 is 17.6 Å². The fourth-order valence-corrected chi connectivity index (χ4v) is 3.17. The topological polar surface area (TPSA) is 66.5 Å². The Morgan fingerprint density at radius 3 is 2.07 bits per heavy atom. The lowest BCUT2D eigenvalue weighted by Crippen LogP contribution is -2.37. The second-order valence-electron chi connectivity index (χ2n) is 7.80. The molecule has 5 heteroatoms. The van der Waals surface area contributed by atoms with Crippen LogP contribution < -0.4 is 5.32 Å². The quantitative estimate of drug-likeness (QED) is 0.596. The Labute approximate surface area is 164 Å². The van der Waals surface area contributed by atoms with Crippen LogP contribution in [0.5, 0.6) is 0 Å². The van der Waals surface area contributed by atoms with E-state index >= 15 is 0 Å². The molecule has 0 radical (unpaired) electrons. The standard InChI is InChI=1S/C23H24N2O3/c1-15-2-6-17(7-3-15)21(26)23(28)25(20-12-13-20)14-16-4-8-18(9-5-16)22(27)24-19-10-11-19/h2-9,19-20H,10-14H2,1H3,(H,24,27). The van der Waals surface area contributed by atoms with Gasteiger partial charge in [-0.3, -0.25) is 14.4 Å². The Bertz CT molecular complexity index is 894. The van der Waals surface area contributed by atoms with Gasteiger partial charge in [-0.15, -0.1) is 0 Å². The van der Waals surface area contributed by atoms with Gasteiger partial charge in [0.1, 0.15) is 0 Å². The first-order chi connectivity index (χ1) is 13.5. The van der Waals surface area contributed by atoms with Gasteiger partial charge >= 0.3 is 0 Å². The van der Waals surface area contributed by atoms with Gasteiger partial charge in [0.2, 0.25) is 5.78 Å². The minimum absolute atomic E-state index is 0.0567. The number of nitrogens with one attached hydrogen (secondary N) is 1. The van der Waals surface area contributed by atoms with Gasteiger partial charge in [0.25, 0.3) is 11.8 Å². The average Bonchev–Trinajstić information content (AvgIpc) is 3.61. The van der Waals surface area contributed by atoms with E-state index in [1.807, 2.05) is 31.2 Å². The van der Waals surface area contributed by atoms with Crippen LogP contribution >= 0.6 is 0 Å². The van der Waals surface area contributed by atoms with Gasteiger partial charge in [-0.05, 0) is 50.3 Å². The van der Waals surface area contributed by atoms with Gasteiger partial charge < -0.3 is 10.2 Å². The van der Waals surface area contributed by atoms with Crippen LogP contribution in [0.25, 0.3) is 0 Å². The second kappa shape index (κ2) is 7.58. The zero-order valence-electron chi connectivity index (χ0n) is 16.0. The summed E-state index contributed by atoms with van der Waals surface area (Å²) in [5.74, 6) is -0.979. The third-order valence-electron chi connectivity index (χ3n) is 5.24. The number of ketones is 1. The van der Waals surface area contributed by atoms with Crippen LogP contribution in [0.4, 0.5) is 0 Å².